The molecule has 0 N–H and O–H groups in total. The lowest BCUT2D eigenvalue weighted by molar-refractivity contribution is -0.201. The van der Waals surface area contributed by atoms with Gasteiger partial charge in [0.05, 0.1) is 0 Å². The van der Waals surface area contributed by atoms with E-state index in [0.29, 0.717) is 6.42 Å². The maximum absolute atomic E-state index is 12.0. The fourth-order valence-electron chi connectivity index (χ4n) is 4.44. The van der Waals surface area contributed by atoms with Gasteiger partial charge in [0.1, 0.15) is 0 Å². The Morgan fingerprint density at radius 2 is 0.743 bits per heavy atom. The summed E-state index contributed by atoms with van der Waals surface area (Å²) in [7, 11) is 0. The first kappa shape index (κ1) is 33.9. The zero-order valence-corrected chi connectivity index (χ0v) is 22.5. The zero-order chi connectivity index (χ0) is 26.0. The van der Waals surface area contributed by atoms with E-state index >= 15 is 0 Å². The van der Waals surface area contributed by atoms with Crippen LogP contribution in [0.2, 0.25) is 0 Å². The summed E-state index contributed by atoms with van der Waals surface area (Å²) in [6, 6.07) is 0. The van der Waals surface area contributed by atoms with Gasteiger partial charge in [-0.25, -0.2) is 4.79 Å². The number of alkyl halides is 3. The second-order valence-electron chi connectivity index (χ2n) is 10.1. The molecule has 0 aliphatic carbocycles. The van der Waals surface area contributed by atoms with Gasteiger partial charge in [0.15, 0.2) is 0 Å². The third-order valence-corrected chi connectivity index (χ3v) is 6.67. The Morgan fingerprint density at radius 1 is 0.486 bits per heavy atom. The summed E-state index contributed by atoms with van der Waals surface area (Å²) in [5.74, 6) is -3.52. The van der Waals surface area contributed by atoms with Gasteiger partial charge in [0.2, 0.25) is 0 Å². The van der Waals surface area contributed by atoms with Crippen LogP contribution < -0.4 is 0 Å². The molecule has 0 unspecified atom stereocenters. The van der Waals surface area contributed by atoms with E-state index in [9.17, 15) is 22.8 Å². The van der Waals surface area contributed by atoms with Gasteiger partial charge in [-0.15, -0.1) is 0 Å². The molecule has 0 spiro atoms. The van der Waals surface area contributed by atoms with Crippen molar-refractivity contribution in [3.63, 3.8) is 0 Å². The maximum Gasteiger partial charge on any atom is 0.491 e. The van der Waals surface area contributed by atoms with Crippen molar-refractivity contribution in [1.82, 2.24) is 0 Å². The lowest BCUT2D eigenvalue weighted by Gasteiger charge is -2.05. The first-order chi connectivity index (χ1) is 16.9. The molecule has 35 heavy (non-hydrogen) atoms. The predicted molar refractivity (Wildman–Crippen MR) is 138 cm³/mol. The molecule has 0 aromatic carbocycles. The normalized spacial score (nSPS) is 11.7. The van der Waals surface area contributed by atoms with Crippen molar-refractivity contribution in [2.45, 2.75) is 174 Å². The molecule has 0 atom stereocenters. The van der Waals surface area contributed by atoms with Crippen molar-refractivity contribution in [3.8, 4) is 0 Å². The largest absolute Gasteiger partial charge is 0.491 e. The third kappa shape index (κ3) is 25.8. The lowest BCUT2D eigenvalue weighted by Crippen LogP contribution is -2.27. The summed E-state index contributed by atoms with van der Waals surface area (Å²) < 4.78 is 39.7. The highest BCUT2D eigenvalue weighted by Crippen LogP contribution is 2.18. The second kappa shape index (κ2) is 24.6. The molecule has 208 valence electrons. The smallest absolute Gasteiger partial charge is 0.386 e. The number of hydrogen-bond donors (Lipinski definition) is 0. The topological polar surface area (TPSA) is 43.4 Å². The van der Waals surface area contributed by atoms with Crippen LogP contribution in [0.4, 0.5) is 13.2 Å². The molecule has 0 rings (SSSR count). The highest BCUT2D eigenvalue weighted by molar-refractivity contribution is 5.88. The highest BCUT2D eigenvalue weighted by Gasteiger charge is 2.42. The molecule has 0 saturated carbocycles. The van der Waals surface area contributed by atoms with Gasteiger partial charge < -0.3 is 4.74 Å². The van der Waals surface area contributed by atoms with Crippen molar-refractivity contribution in [3.05, 3.63) is 0 Å². The molecule has 0 aliphatic rings. The molecule has 0 aromatic heterocycles. The average molecular weight is 507 g/mol. The van der Waals surface area contributed by atoms with E-state index in [-0.39, 0.29) is 6.42 Å². The SMILES string of the molecule is CCCCCCCCCCCCCCCCCCCCCCCCCCC(=O)OC(=O)C(F)(F)F. The Labute approximate surface area is 213 Å². The minimum atomic E-state index is -5.11. The summed E-state index contributed by atoms with van der Waals surface area (Å²) >= 11 is 0. The van der Waals surface area contributed by atoms with Crippen LogP contribution in [0.5, 0.6) is 0 Å². The zero-order valence-electron chi connectivity index (χ0n) is 22.5. The van der Waals surface area contributed by atoms with Crippen molar-refractivity contribution in [1.29, 1.82) is 0 Å². The predicted octanol–water partition coefficient (Wildman–Crippen LogP) is 10.4. The number of esters is 2. The Kier molecular flexibility index (Phi) is 23.9. The molecular weight excluding hydrogens is 453 g/mol. The van der Waals surface area contributed by atoms with Gasteiger partial charge in [0, 0.05) is 6.42 Å². The fourth-order valence-corrected chi connectivity index (χ4v) is 4.44. The standard InChI is InChI=1S/C29H53F3O3/c1-2-3-4-5-6-7-8-9-10-11-12-13-14-15-16-17-18-19-20-21-22-23-24-25-26-27(33)35-28(34)29(30,31)32/h2-26H2,1H3. The lowest BCUT2D eigenvalue weighted by atomic mass is 10.0. The summed E-state index contributed by atoms with van der Waals surface area (Å²) in [6.45, 7) is 2.27. The van der Waals surface area contributed by atoms with E-state index in [4.69, 9.17) is 0 Å². The molecule has 0 bridgehead atoms. The van der Waals surface area contributed by atoms with Crippen LogP contribution in [0.15, 0.2) is 0 Å². The first-order valence-corrected chi connectivity index (χ1v) is 14.7. The molecule has 0 aliphatic heterocycles. The van der Waals surface area contributed by atoms with Gasteiger partial charge in [-0.2, -0.15) is 13.2 Å². The molecule has 3 nitrogen and oxygen atoms in total. The van der Waals surface area contributed by atoms with Crippen molar-refractivity contribution in [2.75, 3.05) is 0 Å². The van der Waals surface area contributed by atoms with E-state index in [0.717, 1.165) is 25.7 Å². The maximum atomic E-state index is 12.0. The minimum absolute atomic E-state index is 0.138. The molecule has 0 amide bonds. The van der Waals surface area contributed by atoms with E-state index in [2.05, 4.69) is 11.7 Å². The van der Waals surface area contributed by atoms with Crippen molar-refractivity contribution >= 4 is 11.9 Å². The number of carbonyl (C=O) groups is 2. The molecular formula is C29H53F3O3. The van der Waals surface area contributed by atoms with E-state index in [1.807, 2.05) is 0 Å². The highest BCUT2D eigenvalue weighted by atomic mass is 19.4. The molecule has 0 fully saturated rings. The van der Waals surface area contributed by atoms with Crippen LogP contribution >= 0.6 is 0 Å². The average Bonchev–Trinajstić information content (AvgIpc) is 2.81. The number of ether oxygens (including phenoxy) is 1. The summed E-state index contributed by atoms with van der Waals surface area (Å²) in [4.78, 5) is 21.7. The van der Waals surface area contributed by atoms with Gasteiger partial charge in [-0.3, -0.25) is 4.79 Å². The molecule has 0 aromatic rings. The van der Waals surface area contributed by atoms with Crippen LogP contribution in [0.1, 0.15) is 167 Å². The van der Waals surface area contributed by atoms with E-state index in [1.54, 1.807) is 0 Å². The number of unbranched alkanes of at least 4 members (excludes halogenated alkanes) is 23. The Morgan fingerprint density at radius 3 is 1.00 bits per heavy atom. The number of halogens is 3. The second-order valence-corrected chi connectivity index (χ2v) is 10.1. The molecule has 6 heteroatoms. The van der Waals surface area contributed by atoms with Crippen molar-refractivity contribution < 1.29 is 27.5 Å². The van der Waals surface area contributed by atoms with Crippen molar-refractivity contribution in [2.24, 2.45) is 0 Å². The van der Waals surface area contributed by atoms with Crippen LogP contribution in [-0.4, -0.2) is 18.1 Å². The quantitative estimate of drug-likeness (QED) is 0.0702. The van der Waals surface area contributed by atoms with Crippen LogP contribution in [-0.2, 0) is 14.3 Å². The van der Waals surface area contributed by atoms with Gasteiger partial charge in [-0.1, -0.05) is 155 Å². The van der Waals surface area contributed by atoms with Crippen LogP contribution in [0.3, 0.4) is 0 Å². The fraction of sp³-hybridized carbons (Fsp3) is 0.931. The van der Waals surface area contributed by atoms with Gasteiger partial charge in [0.25, 0.3) is 0 Å². The van der Waals surface area contributed by atoms with E-state index in [1.165, 1.54) is 122 Å². The Hall–Kier alpha value is -1.07. The molecule has 0 radical (unpaired) electrons. The summed E-state index contributed by atoms with van der Waals surface area (Å²) in [6.07, 6.45) is 25.4. The summed E-state index contributed by atoms with van der Waals surface area (Å²) in [5.41, 5.74) is 0. The summed E-state index contributed by atoms with van der Waals surface area (Å²) in [5, 5.41) is 0. The van der Waals surface area contributed by atoms with Gasteiger partial charge >= 0.3 is 18.1 Å². The third-order valence-electron chi connectivity index (χ3n) is 6.67. The van der Waals surface area contributed by atoms with Crippen LogP contribution in [0.25, 0.3) is 0 Å². The Balaban J connectivity index is 3.17. The minimum Gasteiger partial charge on any atom is -0.386 e. The molecule has 0 heterocycles. The monoisotopic (exact) mass is 506 g/mol. The Bertz CT molecular complexity index is 492. The number of rotatable bonds is 25. The molecule has 0 saturated heterocycles. The first-order valence-electron chi connectivity index (χ1n) is 14.7. The number of hydrogen-bond acceptors (Lipinski definition) is 3. The number of carbonyl (C=O) groups excluding carboxylic acids is 2. The van der Waals surface area contributed by atoms with Gasteiger partial charge in [-0.05, 0) is 6.42 Å². The van der Waals surface area contributed by atoms with E-state index < -0.39 is 18.1 Å². The van der Waals surface area contributed by atoms with Crippen LogP contribution in [0, 0.1) is 0 Å².